The van der Waals surface area contributed by atoms with Crippen LogP contribution in [0.2, 0.25) is 0 Å². The molecule has 1 aliphatic rings. The largest absolute Gasteiger partial charge is 0.353 e. The fraction of sp³-hybridized carbons (Fsp3) is 0.526. The van der Waals surface area contributed by atoms with Crippen LogP contribution in [0.5, 0.6) is 0 Å². The first kappa shape index (κ1) is 17.5. The summed E-state index contributed by atoms with van der Waals surface area (Å²) in [6, 6.07) is 7.79. The minimum Gasteiger partial charge on any atom is -0.353 e. The van der Waals surface area contributed by atoms with Crippen molar-refractivity contribution in [3.8, 4) is 0 Å². The number of amides is 2. The van der Waals surface area contributed by atoms with Crippen molar-refractivity contribution in [2.45, 2.75) is 45.6 Å². The Morgan fingerprint density at radius 2 is 2.20 bits per heavy atom. The number of aromatic amines is 1. The van der Waals surface area contributed by atoms with E-state index in [0.29, 0.717) is 18.8 Å². The van der Waals surface area contributed by atoms with Gasteiger partial charge in [-0.2, -0.15) is 5.10 Å². The van der Waals surface area contributed by atoms with E-state index in [0.717, 1.165) is 36.6 Å². The molecule has 6 nitrogen and oxygen atoms in total. The molecule has 1 saturated heterocycles. The minimum absolute atomic E-state index is 0.0605. The molecule has 1 fully saturated rings. The van der Waals surface area contributed by atoms with Gasteiger partial charge in [0.05, 0.1) is 11.4 Å². The van der Waals surface area contributed by atoms with Crippen molar-refractivity contribution in [3.05, 3.63) is 30.0 Å². The zero-order valence-electron chi connectivity index (χ0n) is 14.9. The molecule has 2 amide bonds. The highest BCUT2D eigenvalue weighted by Gasteiger charge is 2.30. The average Bonchev–Trinajstić information content (AvgIpc) is 3.05. The first-order valence-corrected chi connectivity index (χ1v) is 9.13. The quantitative estimate of drug-likeness (QED) is 0.877. The highest BCUT2D eigenvalue weighted by molar-refractivity contribution is 6.04. The number of carbonyl (C=O) groups is 2. The van der Waals surface area contributed by atoms with Crippen LogP contribution in [0, 0.1) is 5.92 Å². The van der Waals surface area contributed by atoms with Gasteiger partial charge in [0.1, 0.15) is 0 Å². The van der Waals surface area contributed by atoms with Crippen LogP contribution >= 0.6 is 0 Å². The zero-order chi connectivity index (χ0) is 17.8. The number of benzene rings is 1. The van der Waals surface area contributed by atoms with Crippen LogP contribution in [0.15, 0.2) is 24.3 Å². The van der Waals surface area contributed by atoms with E-state index < -0.39 is 0 Å². The number of para-hydroxylation sites is 1. The third kappa shape index (κ3) is 3.83. The number of nitrogens with one attached hydrogen (secondary N) is 2. The number of hydrogen-bond donors (Lipinski definition) is 2. The Labute approximate surface area is 148 Å². The van der Waals surface area contributed by atoms with Gasteiger partial charge in [-0.3, -0.25) is 14.7 Å². The van der Waals surface area contributed by atoms with E-state index in [9.17, 15) is 9.59 Å². The van der Waals surface area contributed by atoms with Crippen LogP contribution in [0.25, 0.3) is 10.9 Å². The molecule has 1 aliphatic heterocycles. The van der Waals surface area contributed by atoms with Crippen molar-refractivity contribution in [1.82, 2.24) is 20.4 Å². The Balaban J connectivity index is 1.68. The zero-order valence-corrected chi connectivity index (χ0v) is 14.9. The number of piperidine rings is 1. The predicted molar refractivity (Wildman–Crippen MR) is 97.2 cm³/mol. The van der Waals surface area contributed by atoms with E-state index in [-0.39, 0.29) is 23.8 Å². The number of hydrogen-bond acceptors (Lipinski definition) is 3. The molecule has 2 atom stereocenters. The molecule has 6 heteroatoms. The molecule has 134 valence electrons. The first-order valence-electron chi connectivity index (χ1n) is 9.13. The Kier molecular flexibility index (Phi) is 5.36. The van der Waals surface area contributed by atoms with Crippen molar-refractivity contribution in [2.75, 3.05) is 13.1 Å². The number of fused-ring (bicyclic) bond motifs is 1. The Morgan fingerprint density at radius 1 is 1.40 bits per heavy atom. The number of nitrogens with zero attached hydrogens (tertiary/aromatic N) is 2. The molecule has 0 radical (unpaired) electrons. The normalized spacial score (nSPS) is 19.0. The molecular formula is C19H26N4O2. The molecule has 25 heavy (non-hydrogen) atoms. The molecule has 2 N–H and O–H groups in total. The van der Waals surface area contributed by atoms with Crippen LogP contribution in [-0.2, 0) is 4.79 Å². The monoisotopic (exact) mass is 342 g/mol. The van der Waals surface area contributed by atoms with E-state index >= 15 is 0 Å². The smallest absolute Gasteiger partial charge is 0.275 e. The van der Waals surface area contributed by atoms with Crippen molar-refractivity contribution >= 4 is 22.7 Å². The average molecular weight is 342 g/mol. The predicted octanol–water partition coefficient (Wildman–Crippen LogP) is 2.72. The Morgan fingerprint density at radius 3 is 3.00 bits per heavy atom. The van der Waals surface area contributed by atoms with Crippen LogP contribution < -0.4 is 5.32 Å². The highest BCUT2D eigenvalue weighted by Crippen LogP contribution is 2.22. The molecule has 2 unspecified atom stereocenters. The van der Waals surface area contributed by atoms with E-state index in [1.165, 1.54) is 0 Å². The highest BCUT2D eigenvalue weighted by atomic mass is 16.2. The summed E-state index contributed by atoms with van der Waals surface area (Å²) in [5.41, 5.74) is 1.29. The molecule has 2 heterocycles. The summed E-state index contributed by atoms with van der Waals surface area (Å²) >= 11 is 0. The van der Waals surface area contributed by atoms with Crippen LogP contribution in [0.4, 0.5) is 0 Å². The molecule has 1 aromatic heterocycles. The second-order valence-corrected chi connectivity index (χ2v) is 6.91. The summed E-state index contributed by atoms with van der Waals surface area (Å²) in [6.45, 7) is 5.28. The summed E-state index contributed by atoms with van der Waals surface area (Å²) in [7, 11) is 0. The lowest BCUT2D eigenvalue weighted by Gasteiger charge is -2.32. The van der Waals surface area contributed by atoms with Gasteiger partial charge in [0.2, 0.25) is 5.91 Å². The number of likely N-dealkylation sites (tertiary alicyclic amines) is 1. The topological polar surface area (TPSA) is 78.1 Å². The lowest BCUT2D eigenvalue weighted by atomic mass is 9.96. The number of H-pyrrole nitrogens is 1. The van der Waals surface area contributed by atoms with Gasteiger partial charge in [0, 0.05) is 24.5 Å². The second-order valence-electron chi connectivity index (χ2n) is 6.91. The maximum absolute atomic E-state index is 12.9. The van der Waals surface area contributed by atoms with E-state index in [2.05, 4.69) is 22.4 Å². The van der Waals surface area contributed by atoms with E-state index in [4.69, 9.17) is 0 Å². The first-order chi connectivity index (χ1) is 12.1. The van der Waals surface area contributed by atoms with Gasteiger partial charge in [0.25, 0.3) is 5.91 Å². The summed E-state index contributed by atoms with van der Waals surface area (Å²) in [4.78, 5) is 27.1. The number of rotatable bonds is 5. The van der Waals surface area contributed by atoms with E-state index in [1.807, 2.05) is 31.2 Å². The molecule has 0 bridgehead atoms. The second kappa shape index (κ2) is 7.68. The minimum atomic E-state index is -0.137. The summed E-state index contributed by atoms with van der Waals surface area (Å²) in [5, 5.41) is 11.0. The third-order valence-corrected chi connectivity index (χ3v) is 4.86. The summed E-state index contributed by atoms with van der Waals surface area (Å²) in [6.07, 6.45) is 3.69. The van der Waals surface area contributed by atoms with Gasteiger partial charge >= 0.3 is 0 Å². The molecular weight excluding hydrogens is 316 g/mol. The Hall–Kier alpha value is -2.37. The summed E-state index contributed by atoms with van der Waals surface area (Å²) < 4.78 is 0. The Bertz CT molecular complexity index is 755. The molecule has 0 saturated carbocycles. The van der Waals surface area contributed by atoms with Gasteiger partial charge in [-0.1, -0.05) is 31.5 Å². The van der Waals surface area contributed by atoms with Gasteiger partial charge in [-0.25, -0.2) is 0 Å². The standard InChI is InChI=1S/C19H26N4O2/c1-3-7-13(2)20-18(24)14-8-6-11-23(12-14)19(25)17-15-9-4-5-10-16(15)21-22-17/h4-5,9-10,13-14H,3,6-8,11-12H2,1-2H3,(H,20,24)(H,21,22). The van der Waals surface area contributed by atoms with Crippen molar-refractivity contribution in [1.29, 1.82) is 0 Å². The third-order valence-electron chi connectivity index (χ3n) is 4.86. The summed E-state index contributed by atoms with van der Waals surface area (Å²) in [5.74, 6) is -0.177. The lowest BCUT2D eigenvalue weighted by Crippen LogP contribution is -2.47. The maximum Gasteiger partial charge on any atom is 0.275 e. The lowest BCUT2D eigenvalue weighted by molar-refractivity contribution is -0.127. The fourth-order valence-corrected chi connectivity index (χ4v) is 3.52. The SMILES string of the molecule is CCCC(C)NC(=O)C1CCCN(C(=O)c2n[nH]c3ccccc23)C1. The molecule has 2 aromatic rings. The molecule has 0 spiro atoms. The number of carbonyl (C=O) groups excluding carboxylic acids is 2. The van der Waals surface area contributed by atoms with Crippen molar-refractivity contribution in [2.24, 2.45) is 5.92 Å². The van der Waals surface area contributed by atoms with Gasteiger partial charge in [-0.15, -0.1) is 0 Å². The van der Waals surface area contributed by atoms with Crippen molar-refractivity contribution < 1.29 is 9.59 Å². The number of aromatic nitrogens is 2. The van der Waals surface area contributed by atoms with Crippen LogP contribution in [0.3, 0.4) is 0 Å². The van der Waals surface area contributed by atoms with E-state index in [1.54, 1.807) is 4.90 Å². The van der Waals surface area contributed by atoms with Crippen LogP contribution in [-0.4, -0.2) is 46.0 Å². The molecule has 3 rings (SSSR count). The van der Waals surface area contributed by atoms with Gasteiger partial charge in [-0.05, 0) is 32.3 Å². The molecule has 0 aliphatic carbocycles. The van der Waals surface area contributed by atoms with Crippen molar-refractivity contribution in [3.63, 3.8) is 0 Å². The molecule has 1 aromatic carbocycles. The van der Waals surface area contributed by atoms with Crippen LogP contribution in [0.1, 0.15) is 50.0 Å². The van der Waals surface area contributed by atoms with Gasteiger partial charge in [0.15, 0.2) is 5.69 Å². The fourth-order valence-electron chi connectivity index (χ4n) is 3.52. The van der Waals surface area contributed by atoms with Gasteiger partial charge < -0.3 is 10.2 Å². The maximum atomic E-state index is 12.9.